The van der Waals surface area contributed by atoms with Crippen LogP contribution in [0.2, 0.25) is 0 Å². The monoisotopic (exact) mass is 304 g/mol. The van der Waals surface area contributed by atoms with Crippen molar-refractivity contribution < 1.29 is 4.79 Å². The molecule has 0 aliphatic heterocycles. The Hall–Kier alpha value is -1.81. The molecule has 3 N–H and O–H groups in total. The molecule has 4 heteroatoms. The fraction of sp³-hybridized carbons (Fsp3) is 0.0714. The molecule has 0 atom stereocenters. The highest BCUT2D eigenvalue weighted by Gasteiger charge is 2.07. The summed E-state index contributed by atoms with van der Waals surface area (Å²) in [6, 6.07) is 12.7. The molecule has 0 heterocycles. The van der Waals surface area contributed by atoms with Crippen molar-refractivity contribution in [3.8, 4) is 0 Å². The average molecular weight is 305 g/mol. The normalized spacial score (nSPS) is 10.1. The molecule has 2 rings (SSSR count). The lowest BCUT2D eigenvalue weighted by molar-refractivity contribution is 0.102. The lowest BCUT2D eigenvalue weighted by Crippen LogP contribution is -2.12. The molecule has 92 valence electrons. The van der Waals surface area contributed by atoms with Gasteiger partial charge in [0, 0.05) is 21.4 Å². The van der Waals surface area contributed by atoms with Gasteiger partial charge in [0.15, 0.2) is 0 Å². The molecule has 0 radical (unpaired) electrons. The van der Waals surface area contributed by atoms with E-state index in [0.29, 0.717) is 11.3 Å². The molecule has 0 saturated heterocycles. The van der Waals surface area contributed by atoms with Crippen molar-refractivity contribution in [2.45, 2.75) is 6.92 Å². The number of nitrogen functional groups attached to an aromatic ring is 1. The maximum absolute atomic E-state index is 12.0. The van der Waals surface area contributed by atoms with E-state index < -0.39 is 0 Å². The molecule has 2 aromatic rings. The predicted octanol–water partition coefficient (Wildman–Crippen LogP) is 3.59. The van der Waals surface area contributed by atoms with Crippen LogP contribution in [-0.4, -0.2) is 5.91 Å². The maximum atomic E-state index is 12.0. The summed E-state index contributed by atoms with van der Waals surface area (Å²) < 4.78 is 0.920. The molecule has 0 spiro atoms. The van der Waals surface area contributed by atoms with Crippen LogP contribution in [-0.2, 0) is 0 Å². The second-order valence-electron chi connectivity index (χ2n) is 4.04. The van der Waals surface area contributed by atoms with Crippen molar-refractivity contribution >= 4 is 33.2 Å². The van der Waals surface area contributed by atoms with Crippen LogP contribution in [0.15, 0.2) is 46.9 Å². The summed E-state index contributed by atoms with van der Waals surface area (Å²) in [6.45, 7) is 1.91. The minimum absolute atomic E-state index is 0.167. The number of aryl methyl sites for hydroxylation is 1. The Bertz CT molecular complexity index is 596. The number of hydrogen-bond donors (Lipinski definition) is 2. The van der Waals surface area contributed by atoms with Gasteiger partial charge in [-0.1, -0.05) is 28.1 Å². The Morgan fingerprint density at radius 3 is 2.67 bits per heavy atom. The number of anilines is 2. The number of halogens is 1. The lowest BCUT2D eigenvalue weighted by Gasteiger charge is -2.07. The van der Waals surface area contributed by atoms with Gasteiger partial charge in [-0.05, 0) is 42.8 Å². The van der Waals surface area contributed by atoms with Gasteiger partial charge >= 0.3 is 0 Å². The Kier molecular flexibility index (Phi) is 3.67. The molecule has 0 fully saturated rings. The van der Waals surface area contributed by atoms with Gasteiger partial charge in [-0.25, -0.2) is 0 Å². The standard InChI is InChI=1S/C14H13BrN2O/c1-9-5-6-10(7-13(9)16)14(18)17-12-4-2-3-11(15)8-12/h2-8H,16H2,1H3,(H,17,18). The van der Waals surface area contributed by atoms with E-state index in [9.17, 15) is 4.79 Å². The number of nitrogens with one attached hydrogen (secondary N) is 1. The number of amides is 1. The third-order valence-electron chi connectivity index (χ3n) is 2.62. The van der Waals surface area contributed by atoms with Crippen molar-refractivity contribution in [2.75, 3.05) is 11.1 Å². The average Bonchev–Trinajstić information content (AvgIpc) is 2.32. The first-order chi connectivity index (χ1) is 8.56. The molecular formula is C14H13BrN2O. The highest BCUT2D eigenvalue weighted by molar-refractivity contribution is 9.10. The van der Waals surface area contributed by atoms with Gasteiger partial charge in [-0.2, -0.15) is 0 Å². The van der Waals surface area contributed by atoms with E-state index >= 15 is 0 Å². The summed E-state index contributed by atoms with van der Waals surface area (Å²) in [5.74, 6) is -0.167. The Morgan fingerprint density at radius 2 is 2.00 bits per heavy atom. The van der Waals surface area contributed by atoms with Gasteiger partial charge < -0.3 is 11.1 Å². The van der Waals surface area contributed by atoms with Crippen molar-refractivity contribution in [2.24, 2.45) is 0 Å². The lowest BCUT2D eigenvalue weighted by atomic mass is 10.1. The molecule has 3 nitrogen and oxygen atoms in total. The molecule has 0 unspecified atom stereocenters. The molecule has 0 aromatic heterocycles. The Labute approximate surface area is 114 Å². The van der Waals surface area contributed by atoms with Gasteiger partial charge in [-0.3, -0.25) is 4.79 Å². The van der Waals surface area contributed by atoms with E-state index in [0.717, 1.165) is 15.7 Å². The fourth-order valence-electron chi connectivity index (χ4n) is 1.55. The summed E-state index contributed by atoms with van der Waals surface area (Å²) in [4.78, 5) is 12.0. The van der Waals surface area contributed by atoms with Crippen LogP contribution in [0, 0.1) is 6.92 Å². The van der Waals surface area contributed by atoms with E-state index in [1.807, 2.05) is 37.3 Å². The molecular weight excluding hydrogens is 292 g/mol. The molecule has 0 aliphatic carbocycles. The number of rotatable bonds is 2. The van der Waals surface area contributed by atoms with Crippen LogP contribution >= 0.6 is 15.9 Å². The van der Waals surface area contributed by atoms with Crippen LogP contribution in [0.1, 0.15) is 15.9 Å². The zero-order chi connectivity index (χ0) is 13.1. The highest BCUT2D eigenvalue weighted by atomic mass is 79.9. The number of hydrogen-bond acceptors (Lipinski definition) is 2. The zero-order valence-corrected chi connectivity index (χ0v) is 11.5. The molecule has 2 aromatic carbocycles. The third kappa shape index (κ3) is 2.90. The van der Waals surface area contributed by atoms with Gasteiger partial charge in [0.05, 0.1) is 0 Å². The third-order valence-corrected chi connectivity index (χ3v) is 3.12. The van der Waals surface area contributed by atoms with E-state index in [2.05, 4.69) is 21.2 Å². The second-order valence-corrected chi connectivity index (χ2v) is 4.95. The minimum Gasteiger partial charge on any atom is -0.398 e. The smallest absolute Gasteiger partial charge is 0.255 e. The van der Waals surface area contributed by atoms with Gasteiger partial charge in [0.1, 0.15) is 0 Å². The molecule has 0 saturated carbocycles. The van der Waals surface area contributed by atoms with Crippen LogP contribution in [0.3, 0.4) is 0 Å². The van der Waals surface area contributed by atoms with Gasteiger partial charge in [-0.15, -0.1) is 0 Å². The molecule has 18 heavy (non-hydrogen) atoms. The van der Waals surface area contributed by atoms with E-state index in [1.54, 1.807) is 12.1 Å². The molecule has 1 amide bonds. The van der Waals surface area contributed by atoms with Gasteiger partial charge in [0.25, 0.3) is 5.91 Å². The number of benzene rings is 2. The van der Waals surface area contributed by atoms with Crippen LogP contribution < -0.4 is 11.1 Å². The molecule has 0 bridgehead atoms. The quantitative estimate of drug-likeness (QED) is 0.833. The second kappa shape index (κ2) is 5.23. The number of nitrogens with two attached hydrogens (primary N) is 1. The van der Waals surface area contributed by atoms with Crippen LogP contribution in [0.5, 0.6) is 0 Å². The highest BCUT2D eigenvalue weighted by Crippen LogP contribution is 2.18. The van der Waals surface area contributed by atoms with Crippen LogP contribution in [0.4, 0.5) is 11.4 Å². The van der Waals surface area contributed by atoms with Crippen molar-refractivity contribution in [1.29, 1.82) is 0 Å². The Balaban J connectivity index is 2.19. The maximum Gasteiger partial charge on any atom is 0.255 e. The largest absolute Gasteiger partial charge is 0.398 e. The summed E-state index contributed by atoms with van der Waals surface area (Å²) in [6.07, 6.45) is 0. The zero-order valence-electron chi connectivity index (χ0n) is 9.91. The first-order valence-electron chi connectivity index (χ1n) is 5.49. The summed E-state index contributed by atoms with van der Waals surface area (Å²) in [5, 5.41) is 2.82. The number of carbonyl (C=O) groups is 1. The van der Waals surface area contributed by atoms with Crippen molar-refractivity contribution in [3.05, 3.63) is 58.1 Å². The summed E-state index contributed by atoms with van der Waals surface area (Å²) in [7, 11) is 0. The summed E-state index contributed by atoms with van der Waals surface area (Å²) in [5.41, 5.74) is 8.68. The summed E-state index contributed by atoms with van der Waals surface area (Å²) >= 11 is 3.36. The first kappa shape index (κ1) is 12.6. The first-order valence-corrected chi connectivity index (χ1v) is 6.28. The fourth-order valence-corrected chi connectivity index (χ4v) is 1.95. The van der Waals surface area contributed by atoms with Crippen molar-refractivity contribution in [1.82, 2.24) is 0 Å². The topological polar surface area (TPSA) is 55.1 Å². The van der Waals surface area contributed by atoms with Gasteiger partial charge in [0.2, 0.25) is 0 Å². The van der Waals surface area contributed by atoms with Crippen molar-refractivity contribution in [3.63, 3.8) is 0 Å². The SMILES string of the molecule is Cc1ccc(C(=O)Nc2cccc(Br)c2)cc1N. The van der Waals surface area contributed by atoms with E-state index in [-0.39, 0.29) is 5.91 Å². The van der Waals surface area contributed by atoms with Crippen LogP contribution in [0.25, 0.3) is 0 Å². The minimum atomic E-state index is -0.167. The Morgan fingerprint density at radius 1 is 1.22 bits per heavy atom. The number of carbonyl (C=O) groups excluding carboxylic acids is 1. The van der Waals surface area contributed by atoms with E-state index in [4.69, 9.17) is 5.73 Å². The van der Waals surface area contributed by atoms with E-state index in [1.165, 1.54) is 0 Å². The molecule has 0 aliphatic rings. The predicted molar refractivity (Wildman–Crippen MR) is 77.7 cm³/mol.